The highest BCUT2D eigenvalue weighted by Crippen LogP contribution is 2.26. The van der Waals surface area contributed by atoms with Crippen molar-refractivity contribution in [2.45, 2.75) is 6.54 Å². The van der Waals surface area contributed by atoms with E-state index in [0.29, 0.717) is 24.7 Å². The van der Waals surface area contributed by atoms with E-state index in [1.165, 1.54) is 0 Å². The van der Waals surface area contributed by atoms with Crippen LogP contribution in [0.15, 0.2) is 66.7 Å². The molecule has 2 amide bonds. The molecule has 0 aliphatic carbocycles. The Hall–Kier alpha value is -3.12. The van der Waals surface area contributed by atoms with Gasteiger partial charge in [-0.1, -0.05) is 60.1 Å². The summed E-state index contributed by atoms with van der Waals surface area (Å²) in [4.78, 5) is 16.4. The Morgan fingerprint density at radius 2 is 1.62 bits per heavy atom. The van der Waals surface area contributed by atoms with Gasteiger partial charge in [0.25, 0.3) is 0 Å². The summed E-state index contributed by atoms with van der Waals surface area (Å²) in [5.41, 5.74) is 2.71. The Morgan fingerprint density at radius 3 is 2.31 bits per heavy atom. The third-order valence-electron chi connectivity index (χ3n) is 4.98. The molecule has 0 spiro atoms. The number of urea groups is 1. The predicted octanol–water partition coefficient (Wildman–Crippen LogP) is 3.83. The molecule has 0 bridgehead atoms. The van der Waals surface area contributed by atoms with Crippen LogP contribution in [-0.2, 0) is 6.54 Å². The average molecular weight is 408 g/mol. The highest BCUT2D eigenvalue weighted by molar-refractivity contribution is 6.33. The lowest BCUT2D eigenvalue weighted by Crippen LogP contribution is -2.51. The predicted molar refractivity (Wildman–Crippen MR) is 115 cm³/mol. The van der Waals surface area contributed by atoms with Gasteiger partial charge in [-0.15, -0.1) is 10.2 Å². The number of piperazine rings is 1. The van der Waals surface area contributed by atoms with Gasteiger partial charge in [0.05, 0.1) is 10.7 Å². The van der Waals surface area contributed by atoms with Crippen LogP contribution >= 0.6 is 11.6 Å². The van der Waals surface area contributed by atoms with E-state index in [2.05, 4.69) is 20.4 Å². The summed E-state index contributed by atoms with van der Waals surface area (Å²) < 4.78 is 0. The molecular weight excluding hydrogens is 386 g/mol. The second-order valence-corrected chi connectivity index (χ2v) is 7.28. The van der Waals surface area contributed by atoms with Gasteiger partial charge in [-0.2, -0.15) is 0 Å². The third kappa shape index (κ3) is 4.66. The van der Waals surface area contributed by atoms with Gasteiger partial charge in [-0.3, -0.25) is 0 Å². The van der Waals surface area contributed by atoms with Crippen LogP contribution in [0.25, 0.3) is 11.3 Å². The molecule has 1 aliphatic heterocycles. The maximum atomic E-state index is 12.4. The number of carbonyl (C=O) groups excluding carboxylic acids is 1. The lowest BCUT2D eigenvalue weighted by Gasteiger charge is -2.35. The first-order valence-electron chi connectivity index (χ1n) is 9.61. The van der Waals surface area contributed by atoms with Crippen LogP contribution < -0.4 is 10.2 Å². The zero-order valence-corrected chi connectivity index (χ0v) is 16.7. The SMILES string of the molecule is O=C(NCc1ccccc1)N1CCN(c2ccc(-c3ccccc3Cl)nn2)CC1. The van der Waals surface area contributed by atoms with E-state index in [9.17, 15) is 4.79 Å². The molecule has 29 heavy (non-hydrogen) atoms. The highest BCUT2D eigenvalue weighted by atomic mass is 35.5. The third-order valence-corrected chi connectivity index (χ3v) is 5.31. The van der Waals surface area contributed by atoms with Crippen molar-refractivity contribution in [1.29, 1.82) is 0 Å². The molecular formula is C22H22ClN5O. The molecule has 0 unspecified atom stereocenters. The summed E-state index contributed by atoms with van der Waals surface area (Å²) in [6.45, 7) is 3.27. The summed E-state index contributed by atoms with van der Waals surface area (Å²) in [6, 6.07) is 21.4. The number of aromatic nitrogens is 2. The normalized spacial score (nSPS) is 14.0. The number of nitrogens with one attached hydrogen (secondary N) is 1. The molecule has 2 aromatic carbocycles. The van der Waals surface area contributed by atoms with Crippen molar-refractivity contribution in [3.8, 4) is 11.3 Å². The van der Waals surface area contributed by atoms with Gasteiger partial charge in [0, 0.05) is 38.3 Å². The average Bonchev–Trinajstić information content (AvgIpc) is 2.79. The highest BCUT2D eigenvalue weighted by Gasteiger charge is 2.22. The molecule has 3 aromatic rings. The largest absolute Gasteiger partial charge is 0.352 e. The number of halogens is 1. The minimum atomic E-state index is -0.0337. The fourth-order valence-electron chi connectivity index (χ4n) is 3.33. The van der Waals surface area contributed by atoms with E-state index in [1.807, 2.05) is 71.6 Å². The van der Waals surface area contributed by atoms with Crippen LogP contribution in [0.4, 0.5) is 10.6 Å². The van der Waals surface area contributed by atoms with Crippen molar-refractivity contribution < 1.29 is 4.79 Å². The van der Waals surface area contributed by atoms with E-state index in [4.69, 9.17) is 11.6 Å². The molecule has 7 heteroatoms. The first-order chi connectivity index (χ1) is 14.2. The number of amides is 2. The summed E-state index contributed by atoms with van der Waals surface area (Å²) in [5, 5.41) is 12.3. The van der Waals surface area contributed by atoms with E-state index in [0.717, 1.165) is 35.7 Å². The molecule has 6 nitrogen and oxygen atoms in total. The lowest BCUT2D eigenvalue weighted by atomic mass is 10.1. The number of anilines is 1. The minimum absolute atomic E-state index is 0.0337. The van der Waals surface area contributed by atoms with E-state index < -0.39 is 0 Å². The Morgan fingerprint density at radius 1 is 0.897 bits per heavy atom. The van der Waals surface area contributed by atoms with Crippen molar-refractivity contribution in [2.75, 3.05) is 31.1 Å². The number of rotatable bonds is 4. The lowest BCUT2D eigenvalue weighted by molar-refractivity contribution is 0.194. The smallest absolute Gasteiger partial charge is 0.317 e. The summed E-state index contributed by atoms with van der Waals surface area (Å²) in [6.07, 6.45) is 0. The molecule has 1 aliphatic rings. The standard InChI is InChI=1S/C22H22ClN5O/c23-19-9-5-4-8-18(19)20-10-11-21(26-25-20)27-12-14-28(15-13-27)22(29)24-16-17-6-2-1-3-7-17/h1-11H,12-16H2,(H,24,29). The Balaban J connectivity index is 1.31. The number of nitrogens with zero attached hydrogens (tertiary/aromatic N) is 4. The second kappa shape index (κ2) is 8.92. The van der Waals surface area contributed by atoms with Gasteiger partial charge in [-0.25, -0.2) is 4.79 Å². The molecule has 0 radical (unpaired) electrons. The summed E-state index contributed by atoms with van der Waals surface area (Å²) in [7, 11) is 0. The van der Waals surface area contributed by atoms with E-state index in [-0.39, 0.29) is 6.03 Å². The molecule has 0 saturated carbocycles. The molecule has 0 atom stereocenters. The Kier molecular flexibility index (Phi) is 5.91. The van der Waals surface area contributed by atoms with Crippen LogP contribution in [-0.4, -0.2) is 47.3 Å². The van der Waals surface area contributed by atoms with Crippen LogP contribution in [0.1, 0.15) is 5.56 Å². The van der Waals surface area contributed by atoms with Crippen molar-refractivity contribution >= 4 is 23.4 Å². The quantitative estimate of drug-likeness (QED) is 0.714. The molecule has 1 saturated heterocycles. The number of hydrogen-bond acceptors (Lipinski definition) is 4. The number of benzene rings is 2. The van der Waals surface area contributed by atoms with Crippen molar-refractivity contribution in [3.05, 3.63) is 77.3 Å². The first kappa shape index (κ1) is 19.2. The van der Waals surface area contributed by atoms with Gasteiger partial charge in [0.1, 0.15) is 0 Å². The van der Waals surface area contributed by atoms with Crippen molar-refractivity contribution in [2.24, 2.45) is 0 Å². The topological polar surface area (TPSA) is 61.4 Å². The van der Waals surface area contributed by atoms with Gasteiger partial charge < -0.3 is 15.1 Å². The minimum Gasteiger partial charge on any atom is -0.352 e. The van der Waals surface area contributed by atoms with Gasteiger partial charge >= 0.3 is 6.03 Å². The molecule has 1 aromatic heterocycles. The summed E-state index contributed by atoms with van der Waals surface area (Å²) >= 11 is 6.24. The molecule has 1 fully saturated rings. The number of hydrogen-bond donors (Lipinski definition) is 1. The van der Waals surface area contributed by atoms with E-state index in [1.54, 1.807) is 0 Å². The number of carbonyl (C=O) groups is 1. The molecule has 1 N–H and O–H groups in total. The van der Waals surface area contributed by atoms with Crippen LogP contribution in [0.2, 0.25) is 5.02 Å². The summed E-state index contributed by atoms with van der Waals surface area (Å²) in [5.74, 6) is 0.810. The van der Waals surface area contributed by atoms with Crippen LogP contribution in [0, 0.1) is 0 Å². The van der Waals surface area contributed by atoms with E-state index >= 15 is 0 Å². The maximum Gasteiger partial charge on any atom is 0.317 e. The zero-order chi connectivity index (χ0) is 20.1. The fourth-order valence-corrected chi connectivity index (χ4v) is 3.56. The van der Waals surface area contributed by atoms with Crippen molar-refractivity contribution in [1.82, 2.24) is 20.4 Å². The molecule has 4 rings (SSSR count). The Bertz CT molecular complexity index is 956. The first-order valence-corrected chi connectivity index (χ1v) is 9.99. The molecule has 148 valence electrons. The second-order valence-electron chi connectivity index (χ2n) is 6.88. The Labute approximate surface area is 175 Å². The molecule has 2 heterocycles. The zero-order valence-electron chi connectivity index (χ0n) is 16.0. The van der Waals surface area contributed by atoms with Crippen molar-refractivity contribution in [3.63, 3.8) is 0 Å². The van der Waals surface area contributed by atoms with Crippen LogP contribution in [0.3, 0.4) is 0 Å². The monoisotopic (exact) mass is 407 g/mol. The van der Waals surface area contributed by atoms with Gasteiger partial charge in [0.2, 0.25) is 0 Å². The maximum absolute atomic E-state index is 12.4. The fraction of sp³-hybridized carbons (Fsp3) is 0.227. The van der Waals surface area contributed by atoms with Gasteiger partial charge in [0.15, 0.2) is 5.82 Å². The van der Waals surface area contributed by atoms with Crippen LogP contribution in [0.5, 0.6) is 0 Å². The van der Waals surface area contributed by atoms with Gasteiger partial charge in [-0.05, 0) is 23.8 Å².